The van der Waals surface area contributed by atoms with Crippen molar-refractivity contribution in [3.05, 3.63) is 0 Å². The van der Waals surface area contributed by atoms with E-state index in [1.807, 2.05) is 23.5 Å². The van der Waals surface area contributed by atoms with Gasteiger partial charge in [-0.1, -0.05) is 13.8 Å². The Kier molecular flexibility index (Phi) is 6.86. The van der Waals surface area contributed by atoms with Gasteiger partial charge in [0.1, 0.15) is 0 Å². The molecule has 0 radical (unpaired) electrons. The van der Waals surface area contributed by atoms with Crippen LogP contribution in [0.15, 0.2) is 0 Å². The van der Waals surface area contributed by atoms with E-state index in [2.05, 4.69) is 26.4 Å². The lowest BCUT2D eigenvalue weighted by molar-refractivity contribution is 0.604. The quantitative estimate of drug-likeness (QED) is 0.634. The summed E-state index contributed by atoms with van der Waals surface area (Å²) in [6, 6.07) is 0. The predicted octanol–water partition coefficient (Wildman–Crippen LogP) is 3.13. The van der Waals surface area contributed by atoms with Crippen LogP contribution in [0.5, 0.6) is 0 Å². The second kappa shape index (κ2) is 6.41. The average Bonchev–Trinajstić information content (AvgIpc) is 1.91. The van der Waals surface area contributed by atoms with E-state index in [0.29, 0.717) is 0 Å². The molecule has 0 rings (SSSR count). The number of hydrogen-bond acceptors (Lipinski definition) is 2. The van der Waals surface area contributed by atoms with E-state index < -0.39 is 0 Å². The van der Waals surface area contributed by atoms with Gasteiger partial charge in [-0.2, -0.15) is 23.5 Å². The largest absolute Gasteiger partial charge is 0.165 e. The molecule has 0 aromatic heterocycles. The van der Waals surface area contributed by atoms with Crippen molar-refractivity contribution >= 4 is 23.5 Å². The van der Waals surface area contributed by atoms with E-state index in [1.165, 1.54) is 12.2 Å². The fourth-order valence-corrected chi connectivity index (χ4v) is 2.95. The molecule has 0 aromatic rings. The summed E-state index contributed by atoms with van der Waals surface area (Å²) in [5.41, 5.74) is 0. The summed E-state index contributed by atoms with van der Waals surface area (Å²) < 4.78 is 0. The maximum Gasteiger partial charge on any atom is 0.00751 e. The van der Waals surface area contributed by atoms with Crippen LogP contribution in [0.4, 0.5) is 0 Å². The second-order valence-electron chi connectivity index (χ2n) is 2.62. The van der Waals surface area contributed by atoms with Crippen LogP contribution in [-0.2, 0) is 0 Å². The van der Waals surface area contributed by atoms with Crippen molar-refractivity contribution in [1.82, 2.24) is 0 Å². The van der Waals surface area contributed by atoms with E-state index in [1.54, 1.807) is 0 Å². The van der Waals surface area contributed by atoms with Crippen LogP contribution in [0.2, 0.25) is 0 Å². The summed E-state index contributed by atoms with van der Waals surface area (Å²) in [7, 11) is 0. The van der Waals surface area contributed by atoms with Gasteiger partial charge in [0.05, 0.1) is 0 Å². The molecule has 0 nitrogen and oxygen atoms in total. The lowest BCUT2D eigenvalue weighted by Gasteiger charge is -2.19. The molecule has 0 saturated heterocycles. The molecule has 0 aliphatic rings. The maximum atomic E-state index is 2.35. The van der Waals surface area contributed by atoms with Crippen molar-refractivity contribution in [3.63, 3.8) is 0 Å². The molecule has 0 fully saturated rings. The topological polar surface area (TPSA) is 0 Å². The summed E-state index contributed by atoms with van der Waals surface area (Å²) in [6.07, 6.45) is 5.71. The summed E-state index contributed by atoms with van der Waals surface area (Å²) in [5, 5.41) is 0.868. The zero-order valence-electron chi connectivity index (χ0n) is 7.39. The van der Waals surface area contributed by atoms with Crippen LogP contribution in [0.25, 0.3) is 0 Å². The van der Waals surface area contributed by atoms with Gasteiger partial charge in [0, 0.05) is 5.25 Å². The highest BCUT2D eigenvalue weighted by atomic mass is 32.2. The van der Waals surface area contributed by atoms with Gasteiger partial charge in [-0.15, -0.1) is 0 Å². The monoisotopic (exact) mass is 178 g/mol. The first-order valence-corrected chi connectivity index (χ1v) is 6.46. The molecule has 0 aliphatic heterocycles. The molecular formula is C8H18S2. The Bertz CT molecular complexity index is 69.7. The Morgan fingerprint density at radius 1 is 1.30 bits per heavy atom. The molecular weight excluding hydrogens is 160 g/mol. The van der Waals surface area contributed by atoms with E-state index in [0.717, 1.165) is 11.2 Å². The van der Waals surface area contributed by atoms with Crippen molar-refractivity contribution in [2.24, 2.45) is 5.92 Å². The predicted molar refractivity (Wildman–Crippen MR) is 55.1 cm³/mol. The summed E-state index contributed by atoms with van der Waals surface area (Å²) in [5.74, 6) is 2.18. The lowest BCUT2D eigenvalue weighted by atomic mass is 10.1. The molecule has 10 heavy (non-hydrogen) atoms. The van der Waals surface area contributed by atoms with Gasteiger partial charge in [-0.3, -0.25) is 0 Å². The molecule has 0 heterocycles. The Labute approximate surface area is 73.5 Å². The normalized spacial score (nSPS) is 16.8. The first-order valence-electron chi connectivity index (χ1n) is 3.78. The summed E-state index contributed by atoms with van der Waals surface area (Å²) in [6.45, 7) is 4.62. The van der Waals surface area contributed by atoms with Crippen molar-refractivity contribution < 1.29 is 0 Å². The van der Waals surface area contributed by atoms with Crippen molar-refractivity contribution in [2.45, 2.75) is 25.5 Å². The Morgan fingerprint density at radius 3 is 2.20 bits per heavy atom. The number of thioether (sulfide) groups is 2. The van der Waals surface area contributed by atoms with Gasteiger partial charge < -0.3 is 0 Å². The van der Waals surface area contributed by atoms with Crippen LogP contribution in [-0.4, -0.2) is 23.5 Å². The van der Waals surface area contributed by atoms with Crippen LogP contribution in [0.3, 0.4) is 0 Å². The molecule has 0 N–H and O–H groups in total. The molecule has 0 amide bonds. The molecule has 2 unspecified atom stereocenters. The Hall–Kier alpha value is 0.700. The molecule has 0 aliphatic carbocycles. The first kappa shape index (κ1) is 10.7. The minimum absolute atomic E-state index is 0.868. The molecule has 0 aromatic carbocycles. The highest BCUT2D eigenvalue weighted by molar-refractivity contribution is 7.99. The third-order valence-electron chi connectivity index (χ3n) is 1.77. The highest BCUT2D eigenvalue weighted by Gasteiger charge is 2.12. The fourth-order valence-electron chi connectivity index (χ4n) is 1.17. The third-order valence-corrected chi connectivity index (χ3v) is 4.03. The molecule has 0 bridgehead atoms. The van der Waals surface area contributed by atoms with Gasteiger partial charge in [-0.05, 0) is 30.6 Å². The molecule has 0 saturated carbocycles. The lowest BCUT2D eigenvalue weighted by Crippen LogP contribution is -2.14. The van der Waals surface area contributed by atoms with Gasteiger partial charge in [0.25, 0.3) is 0 Å². The molecule has 2 atom stereocenters. The van der Waals surface area contributed by atoms with E-state index in [9.17, 15) is 0 Å². The maximum absolute atomic E-state index is 2.35. The highest BCUT2D eigenvalue weighted by Crippen LogP contribution is 2.22. The first-order chi connectivity index (χ1) is 4.76. The third kappa shape index (κ3) is 3.77. The van der Waals surface area contributed by atoms with Crippen LogP contribution in [0.1, 0.15) is 20.3 Å². The van der Waals surface area contributed by atoms with Crippen molar-refractivity contribution in [3.8, 4) is 0 Å². The van der Waals surface area contributed by atoms with Gasteiger partial charge in [0.15, 0.2) is 0 Å². The van der Waals surface area contributed by atoms with Gasteiger partial charge >= 0.3 is 0 Å². The van der Waals surface area contributed by atoms with Gasteiger partial charge in [0.2, 0.25) is 0 Å². The summed E-state index contributed by atoms with van der Waals surface area (Å²) in [4.78, 5) is 0. The van der Waals surface area contributed by atoms with Crippen LogP contribution < -0.4 is 0 Å². The van der Waals surface area contributed by atoms with E-state index >= 15 is 0 Å². The van der Waals surface area contributed by atoms with Crippen LogP contribution in [0, 0.1) is 5.92 Å². The second-order valence-corrected chi connectivity index (χ2v) is 4.60. The average molecular weight is 178 g/mol. The zero-order chi connectivity index (χ0) is 7.98. The minimum Gasteiger partial charge on any atom is -0.165 e. The van der Waals surface area contributed by atoms with Crippen molar-refractivity contribution in [1.29, 1.82) is 0 Å². The Morgan fingerprint density at radius 2 is 1.90 bits per heavy atom. The number of rotatable bonds is 5. The fraction of sp³-hybridized carbons (Fsp3) is 1.00. The molecule has 0 spiro atoms. The SMILES string of the molecule is CCC(SC)C(C)CSC. The standard InChI is InChI=1S/C8H18S2/c1-5-8(10-4)7(2)6-9-3/h7-8H,5-6H2,1-4H3. The number of hydrogen-bond donors (Lipinski definition) is 0. The van der Waals surface area contributed by atoms with Crippen LogP contribution >= 0.6 is 23.5 Å². The van der Waals surface area contributed by atoms with E-state index in [4.69, 9.17) is 0 Å². The molecule has 2 heteroatoms. The summed E-state index contributed by atoms with van der Waals surface area (Å²) >= 11 is 3.96. The van der Waals surface area contributed by atoms with Crippen molar-refractivity contribution in [2.75, 3.05) is 18.3 Å². The zero-order valence-corrected chi connectivity index (χ0v) is 9.02. The molecule has 62 valence electrons. The van der Waals surface area contributed by atoms with E-state index in [-0.39, 0.29) is 0 Å². The smallest absolute Gasteiger partial charge is 0.00751 e. The minimum atomic E-state index is 0.868. The van der Waals surface area contributed by atoms with Gasteiger partial charge in [-0.25, -0.2) is 0 Å². The Balaban J connectivity index is 3.53.